The van der Waals surface area contributed by atoms with Crippen molar-refractivity contribution in [3.63, 3.8) is 0 Å². The summed E-state index contributed by atoms with van der Waals surface area (Å²) in [6, 6.07) is 13.4. The SMILES string of the molecule is CCOc1cc(C=Nn2c([C@@H](C)CC)nc3ccc(Br)cc3c2=O)c(Br)c(Br)c1OCc1ccc(F)cc1. The Morgan fingerprint density at radius 1 is 1.05 bits per heavy atom. The molecule has 198 valence electrons. The van der Waals surface area contributed by atoms with Crippen molar-refractivity contribution in [2.24, 2.45) is 5.10 Å². The average Bonchev–Trinajstić information content (AvgIpc) is 2.91. The highest BCUT2D eigenvalue weighted by Gasteiger charge is 2.19. The number of ether oxygens (including phenoxy) is 2. The van der Waals surface area contributed by atoms with Crippen LogP contribution in [-0.2, 0) is 6.61 Å². The lowest BCUT2D eigenvalue weighted by atomic mass is 10.1. The Hall–Kier alpha value is -2.56. The number of nitrogens with zero attached hydrogens (tertiary/aromatic N) is 3. The number of aromatic nitrogens is 2. The smallest absolute Gasteiger partial charge is 0.282 e. The quantitative estimate of drug-likeness (QED) is 0.165. The second kappa shape index (κ2) is 12.5. The van der Waals surface area contributed by atoms with Gasteiger partial charge in [-0.3, -0.25) is 4.79 Å². The van der Waals surface area contributed by atoms with E-state index in [2.05, 4.69) is 52.9 Å². The highest BCUT2D eigenvalue weighted by atomic mass is 79.9. The Balaban J connectivity index is 1.76. The molecule has 1 aromatic heterocycles. The topological polar surface area (TPSA) is 65.7 Å². The van der Waals surface area contributed by atoms with Gasteiger partial charge in [-0.1, -0.05) is 41.9 Å². The summed E-state index contributed by atoms with van der Waals surface area (Å²) in [5, 5.41) is 5.05. The number of benzene rings is 3. The molecule has 6 nitrogen and oxygen atoms in total. The molecule has 0 aliphatic carbocycles. The zero-order valence-corrected chi connectivity index (χ0v) is 25.7. The summed E-state index contributed by atoms with van der Waals surface area (Å²) in [6.45, 7) is 6.59. The summed E-state index contributed by atoms with van der Waals surface area (Å²) in [6.07, 6.45) is 2.40. The standard InChI is InChI=1S/C28H25Br3FN3O3/c1-4-16(3)27-34-22-11-8-19(29)13-21(22)28(36)35(27)33-14-18-12-23(37-5-2)26(25(31)24(18)30)38-15-17-6-9-20(32)10-7-17/h6-14,16H,4-5,15H2,1-3H3/t16-/m0/s1. The van der Waals surface area contributed by atoms with Gasteiger partial charge < -0.3 is 9.47 Å². The number of hydrogen-bond acceptors (Lipinski definition) is 5. The lowest BCUT2D eigenvalue weighted by Gasteiger charge is -2.17. The minimum absolute atomic E-state index is 0.0179. The summed E-state index contributed by atoms with van der Waals surface area (Å²) >= 11 is 10.7. The lowest BCUT2D eigenvalue weighted by Crippen LogP contribution is -2.23. The van der Waals surface area contributed by atoms with Gasteiger partial charge >= 0.3 is 0 Å². The fourth-order valence-electron chi connectivity index (χ4n) is 3.73. The molecule has 0 amide bonds. The normalized spacial score (nSPS) is 12.3. The molecule has 0 saturated heterocycles. The number of hydrogen-bond donors (Lipinski definition) is 0. The molecule has 1 heterocycles. The molecular formula is C28H25Br3FN3O3. The molecule has 0 aliphatic rings. The van der Waals surface area contributed by atoms with Gasteiger partial charge in [-0.2, -0.15) is 9.78 Å². The van der Waals surface area contributed by atoms with Crippen LogP contribution in [0.4, 0.5) is 4.39 Å². The fourth-order valence-corrected chi connectivity index (χ4v) is 5.03. The van der Waals surface area contributed by atoms with Crippen LogP contribution in [0.2, 0.25) is 0 Å². The largest absolute Gasteiger partial charge is 0.490 e. The van der Waals surface area contributed by atoms with Crippen LogP contribution in [-0.4, -0.2) is 22.5 Å². The average molecular weight is 710 g/mol. The van der Waals surface area contributed by atoms with E-state index in [1.165, 1.54) is 16.8 Å². The molecule has 0 spiro atoms. The Morgan fingerprint density at radius 2 is 1.79 bits per heavy atom. The zero-order chi connectivity index (χ0) is 27.4. The number of halogens is 4. The van der Waals surface area contributed by atoms with E-state index in [4.69, 9.17) is 14.5 Å². The first-order valence-corrected chi connectivity index (χ1v) is 14.4. The van der Waals surface area contributed by atoms with E-state index in [9.17, 15) is 9.18 Å². The van der Waals surface area contributed by atoms with Crippen molar-refractivity contribution < 1.29 is 13.9 Å². The van der Waals surface area contributed by atoms with E-state index in [1.54, 1.807) is 30.5 Å². The second-order valence-corrected chi connectivity index (χ2v) is 11.1. The Kier molecular flexibility index (Phi) is 9.38. The van der Waals surface area contributed by atoms with Crippen molar-refractivity contribution in [3.05, 3.63) is 95.1 Å². The predicted molar refractivity (Wildman–Crippen MR) is 159 cm³/mol. The molecule has 4 rings (SSSR count). The molecule has 0 N–H and O–H groups in total. The monoisotopic (exact) mass is 707 g/mol. The van der Waals surface area contributed by atoms with Crippen LogP contribution in [0.15, 0.2) is 71.8 Å². The fraction of sp³-hybridized carbons (Fsp3) is 0.250. The third-order valence-corrected chi connectivity index (χ3v) is 8.59. The molecule has 3 aromatic carbocycles. The van der Waals surface area contributed by atoms with Crippen molar-refractivity contribution in [2.45, 2.75) is 39.7 Å². The van der Waals surface area contributed by atoms with Crippen molar-refractivity contribution in [3.8, 4) is 11.5 Å². The molecule has 4 aromatic rings. The summed E-state index contributed by atoms with van der Waals surface area (Å²) in [7, 11) is 0. The summed E-state index contributed by atoms with van der Waals surface area (Å²) in [5.74, 6) is 1.30. The van der Waals surface area contributed by atoms with Crippen LogP contribution in [0.5, 0.6) is 11.5 Å². The van der Waals surface area contributed by atoms with Gasteiger partial charge in [-0.05, 0) is 87.2 Å². The summed E-state index contributed by atoms with van der Waals surface area (Å²) < 4.78 is 28.6. The summed E-state index contributed by atoms with van der Waals surface area (Å²) in [5.41, 5.74) is 1.87. The minimum atomic E-state index is -0.304. The van der Waals surface area contributed by atoms with Crippen LogP contribution in [0.25, 0.3) is 10.9 Å². The first-order chi connectivity index (χ1) is 18.2. The van der Waals surface area contributed by atoms with Crippen LogP contribution >= 0.6 is 47.8 Å². The first kappa shape index (κ1) is 28.4. The number of fused-ring (bicyclic) bond motifs is 1. The van der Waals surface area contributed by atoms with Crippen LogP contribution < -0.4 is 15.0 Å². The van der Waals surface area contributed by atoms with Gasteiger partial charge in [0.1, 0.15) is 18.2 Å². The molecule has 0 bridgehead atoms. The molecule has 10 heteroatoms. The van der Waals surface area contributed by atoms with Crippen molar-refractivity contribution >= 4 is 64.9 Å². The Labute approximate surface area is 245 Å². The van der Waals surface area contributed by atoms with E-state index in [1.807, 2.05) is 32.9 Å². The van der Waals surface area contributed by atoms with Crippen LogP contribution in [0.3, 0.4) is 0 Å². The number of rotatable bonds is 9. The molecule has 1 atom stereocenters. The highest BCUT2D eigenvalue weighted by molar-refractivity contribution is 9.13. The van der Waals surface area contributed by atoms with Crippen LogP contribution in [0, 0.1) is 5.82 Å². The molecule has 0 unspecified atom stereocenters. The lowest BCUT2D eigenvalue weighted by molar-refractivity contribution is 0.267. The van der Waals surface area contributed by atoms with E-state index in [-0.39, 0.29) is 23.9 Å². The van der Waals surface area contributed by atoms with Crippen LogP contribution in [0.1, 0.15) is 50.1 Å². The maximum atomic E-state index is 13.5. The van der Waals surface area contributed by atoms with Gasteiger partial charge in [0.15, 0.2) is 11.5 Å². The highest BCUT2D eigenvalue weighted by Crippen LogP contribution is 2.43. The molecule has 0 aliphatic heterocycles. The van der Waals surface area contributed by atoms with Gasteiger partial charge in [0.2, 0.25) is 0 Å². The maximum Gasteiger partial charge on any atom is 0.282 e. The molecular weight excluding hydrogens is 685 g/mol. The van der Waals surface area contributed by atoms with Gasteiger partial charge in [0.05, 0.1) is 28.2 Å². The predicted octanol–water partition coefficient (Wildman–Crippen LogP) is 8.20. The molecule has 38 heavy (non-hydrogen) atoms. The Bertz CT molecular complexity index is 1560. The van der Waals surface area contributed by atoms with Crippen molar-refractivity contribution in [2.75, 3.05) is 6.61 Å². The molecule has 0 radical (unpaired) electrons. The van der Waals surface area contributed by atoms with Gasteiger partial charge in [-0.15, -0.1) is 0 Å². The second-order valence-electron chi connectivity index (χ2n) is 8.57. The van der Waals surface area contributed by atoms with E-state index < -0.39 is 0 Å². The summed E-state index contributed by atoms with van der Waals surface area (Å²) in [4.78, 5) is 18.2. The van der Waals surface area contributed by atoms with Crippen molar-refractivity contribution in [1.82, 2.24) is 9.66 Å². The third-order valence-electron chi connectivity index (χ3n) is 5.95. The van der Waals surface area contributed by atoms with Gasteiger partial charge in [0.25, 0.3) is 5.56 Å². The third kappa shape index (κ3) is 6.18. The van der Waals surface area contributed by atoms with E-state index in [0.717, 1.165) is 16.5 Å². The zero-order valence-electron chi connectivity index (χ0n) is 21.0. The van der Waals surface area contributed by atoms with E-state index >= 15 is 0 Å². The maximum absolute atomic E-state index is 13.5. The van der Waals surface area contributed by atoms with Crippen molar-refractivity contribution in [1.29, 1.82) is 0 Å². The van der Waals surface area contributed by atoms with E-state index in [0.29, 0.717) is 49.3 Å². The molecule has 0 saturated carbocycles. The first-order valence-electron chi connectivity index (χ1n) is 12.0. The molecule has 0 fully saturated rings. The Morgan fingerprint density at radius 3 is 2.47 bits per heavy atom. The van der Waals surface area contributed by atoms with Gasteiger partial charge in [0, 0.05) is 20.4 Å². The van der Waals surface area contributed by atoms with Gasteiger partial charge in [-0.25, -0.2) is 9.37 Å². The minimum Gasteiger partial charge on any atom is -0.490 e.